The molecule has 1 aliphatic carbocycles. The summed E-state index contributed by atoms with van der Waals surface area (Å²) >= 11 is 1.34. The lowest BCUT2D eigenvalue weighted by Gasteiger charge is -2.26. The maximum Gasteiger partial charge on any atom is 0.253 e. The fourth-order valence-electron chi connectivity index (χ4n) is 3.48. The van der Waals surface area contributed by atoms with Crippen LogP contribution in [0, 0.1) is 13.8 Å². The first-order valence-corrected chi connectivity index (χ1v) is 9.80. The van der Waals surface area contributed by atoms with E-state index in [1.807, 2.05) is 26.0 Å². The van der Waals surface area contributed by atoms with Gasteiger partial charge >= 0.3 is 0 Å². The van der Waals surface area contributed by atoms with Crippen molar-refractivity contribution in [1.29, 1.82) is 0 Å². The van der Waals surface area contributed by atoms with Crippen molar-refractivity contribution in [3.8, 4) is 0 Å². The summed E-state index contributed by atoms with van der Waals surface area (Å²) in [7, 11) is 0. The Bertz CT molecular complexity index is 968. The van der Waals surface area contributed by atoms with E-state index in [4.69, 9.17) is 0 Å². The number of benzene rings is 1. The van der Waals surface area contributed by atoms with Crippen LogP contribution < -0.4 is 5.32 Å². The summed E-state index contributed by atoms with van der Waals surface area (Å²) in [6.45, 7) is 3.90. The molecule has 1 aliphatic rings. The van der Waals surface area contributed by atoms with Crippen molar-refractivity contribution in [3.05, 3.63) is 52.8 Å². The van der Waals surface area contributed by atoms with Gasteiger partial charge in [-0.2, -0.15) is 4.98 Å². The van der Waals surface area contributed by atoms with E-state index in [0.29, 0.717) is 16.7 Å². The Morgan fingerprint density at radius 1 is 1.31 bits per heavy atom. The number of hydrogen-bond acceptors (Lipinski definition) is 5. The zero-order valence-electron chi connectivity index (χ0n) is 14.9. The Balaban J connectivity index is 1.41. The van der Waals surface area contributed by atoms with Crippen LogP contribution in [0.1, 0.15) is 41.4 Å². The summed E-state index contributed by atoms with van der Waals surface area (Å²) in [4.78, 5) is 21.2. The minimum atomic E-state index is 0.0106. The first-order valence-electron chi connectivity index (χ1n) is 8.81. The van der Waals surface area contributed by atoms with E-state index in [1.54, 1.807) is 4.52 Å². The molecule has 2 heterocycles. The van der Waals surface area contributed by atoms with E-state index in [9.17, 15) is 4.79 Å². The van der Waals surface area contributed by atoms with Gasteiger partial charge in [-0.25, -0.2) is 9.50 Å². The number of carbonyl (C=O) groups is 1. The molecule has 1 N–H and O–H groups in total. The third-order valence-electron chi connectivity index (χ3n) is 4.64. The van der Waals surface area contributed by atoms with E-state index in [2.05, 4.69) is 38.6 Å². The molecular formula is C19H21N5OS. The van der Waals surface area contributed by atoms with Crippen LogP contribution in [0.4, 0.5) is 0 Å². The molecule has 0 unspecified atom stereocenters. The summed E-state index contributed by atoms with van der Waals surface area (Å²) in [5.74, 6) is 0.885. The lowest BCUT2D eigenvalue weighted by molar-refractivity contribution is -0.119. The summed E-state index contributed by atoms with van der Waals surface area (Å²) < 4.78 is 1.71. The Kier molecular flexibility index (Phi) is 4.63. The third kappa shape index (κ3) is 3.44. The molecule has 26 heavy (non-hydrogen) atoms. The first-order chi connectivity index (χ1) is 12.6. The average molecular weight is 367 g/mol. The number of aromatic nitrogens is 4. The smallest absolute Gasteiger partial charge is 0.253 e. The number of nitrogens with zero attached hydrogens (tertiary/aromatic N) is 4. The molecule has 2 aromatic heterocycles. The summed E-state index contributed by atoms with van der Waals surface area (Å²) in [6, 6.07) is 10.4. The number of carbonyl (C=O) groups excluding carboxylic acids is 1. The fraction of sp³-hybridized carbons (Fsp3) is 0.368. The average Bonchev–Trinajstić information content (AvgIpc) is 3.04. The van der Waals surface area contributed by atoms with Gasteiger partial charge in [0.2, 0.25) is 11.1 Å². The SMILES string of the molecule is Cc1cc(C)n2nc(SCC(=O)N[C@H]3CCCc4ccccc43)nc2n1. The normalized spacial score (nSPS) is 16.5. The summed E-state index contributed by atoms with van der Waals surface area (Å²) in [5.41, 5.74) is 4.48. The number of fused-ring (bicyclic) bond motifs is 2. The number of hydrogen-bond donors (Lipinski definition) is 1. The topological polar surface area (TPSA) is 72.2 Å². The van der Waals surface area contributed by atoms with Gasteiger partial charge in [0, 0.05) is 11.4 Å². The molecule has 4 rings (SSSR count). The van der Waals surface area contributed by atoms with Crippen LogP contribution in [0.25, 0.3) is 5.78 Å². The Labute approximate surface area is 156 Å². The molecule has 1 atom stereocenters. The molecular weight excluding hydrogens is 346 g/mol. The lowest BCUT2D eigenvalue weighted by Crippen LogP contribution is -2.32. The number of aryl methyl sites for hydroxylation is 3. The molecule has 3 aromatic rings. The van der Waals surface area contributed by atoms with Crippen LogP contribution in [0.15, 0.2) is 35.5 Å². The molecule has 134 valence electrons. The quantitative estimate of drug-likeness (QED) is 0.718. The minimum absolute atomic E-state index is 0.0106. The standard InChI is InChI=1S/C19H21N5OS/c1-12-10-13(2)24-18(20-12)22-19(23-24)26-11-17(25)21-16-9-5-7-14-6-3-4-8-15(14)16/h3-4,6,8,10,16H,5,7,9,11H2,1-2H3,(H,21,25)/t16-/m0/s1. The number of nitrogens with one attached hydrogen (secondary N) is 1. The second-order valence-corrected chi connectivity index (χ2v) is 7.59. The second-order valence-electron chi connectivity index (χ2n) is 6.64. The predicted molar refractivity (Wildman–Crippen MR) is 101 cm³/mol. The Hall–Kier alpha value is -2.41. The fourth-order valence-corrected chi connectivity index (χ4v) is 4.11. The van der Waals surface area contributed by atoms with Crippen molar-refractivity contribution in [2.45, 2.75) is 44.3 Å². The van der Waals surface area contributed by atoms with Crippen LogP contribution in [0.5, 0.6) is 0 Å². The summed E-state index contributed by atoms with van der Waals surface area (Å²) in [6.07, 6.45) is 3.18. The number of rotatable bonds is 4. The monoisotopic (exact) mass is 367 g/mol. The highest BCUT2D eigenvalue weighted by Crippen LogP contribution is 2.29. The van der Waals surface area contributed by atoms with Gasteiger partial charge in [0.1, 0.15) is 0 Å². The van der Waals surface area contributed by atoms with Gasteiger partial charge in [0.05, 0.1) is 11.8 Å². The molecule has 1 aromatic carbocycles. The van der Waals surface area contributed by atoms with Crippen LogP contribution >= 0.6 is 11.8 Å². The zero-order chi connectivity index (χ0) is 18.1. The van der Waals surface area contributed by atoms with Crippen LogP contribution in [-0.4, -0.2) is 31.2 Å². The molecule has 0 saturated carbocycles. The molecule has 0 aliphatic heterocycles. The van der Waals surface area contributed by atoms with E-state index in [0.717, 1.165) is 30.7 Å². The summed E-state index contributed by atoms with van der Waals surface area (Å²) in [5, 5.41) is 8.17. The van der Waals surface area contributed by atoms with E-state index < -0.39 is 0 Å². The maximum absolute atomic E-state index is 12.4. The molecule has 0 fully saturated rings. The van der Waals surface area contributed by atoms with Gasteiger partial charge in [0.25, 0.3) is 5.78 Å². The van der Waals surface area contributed by atoms with Gasteiger partial charge in [-0.15, -0.1) is 5.10 Å². The number of amides is 1. The zero-order valence-corrected chi connectivity index (χ0v) is 15.7. The van der Waals surface area contributed by atoms with Gasteiger partial charge < -0.3 is 5.32 Å². The van der Waals surface area contributed by atoms with Crippen LogP contribution in [0.3, 0.4) is 0 Å². The van der Waals surface area contributed by atoms with E-state index in [1.165, 1.54) is 22.9 Å². The minimum Gasteiger partial charge on any atom is -0.349 e. The van der Waals surface area contributed by atoms with E-state index in [-0.39, 0.29) is 11.9 Å². The molecule has 1 amide bonds. The predicted octanol–water partition coefficient (Wildman–Crippen LogP) is 3.03. The first kappa shape index (κ1) is 17.0. The van der Waals surface area contributed by atoms with Crippen molar-refractivity contribution >= 4 is 23.4 Å². The van der Waals surface area contributed by atoms with Crippen molar-refractivity contribution in [2.24, 2.45) is 0 Å². The Morgan fingerprint density at radius 3 is 3.04 bits per heavy atom. The number of thioether (sulfide) groups is 1. The second kappa shape index (κ2) is 7.07. The third-order valence-corrected chi connectivity index (χ3v) is 5.47. The van der Waals surface area contributed by atoms with Crippen molar-refractivity contribution in [3.63, 3.8) is 0 Å². The van der Waals surface area contributed by atoms with Crippen LogP contribution in [0.2, 0.25) is 0 Å². The van der Waals surface area contributed by atoms with Crippen molar-refractivity contribution in [2.75, 3.05) is 5.75 Å². The van der Waals surface area contributed by atoms with E-state index >= 15 is 0 Å². The van der Waals surface area contributed by atoms with Crippen molar-refractivity contribution in [1.82, 2.24) is 24.9 Å². The molecule has 0 radical (unpaired) electrons. The van der Waals surface area contributed by atoms with Crippen molar-refractivity contribution < 1.29 is 4.79 Å². The molecule has 6 nitrogen and oxygen atoms in total. The van der Waals surface area contributed by atoms with Gasteiger partial charge in [-0.05, 0) is 50.3 Å². The highest BCUT2D eigenvalue weighted by Gasteiger charge is 2.21. The molecule has 7 heteroatoms. The highest BCUT2D eigenvalue weighted by molar-refractivity contribution is 7.99. The highest BCUT2D eigenvalue weighted by atomic mass is 32.2. The molecule has 0 spiro atoms. The Morgan fingerprint density at radius 2 is 2.15 bits per heavy atom. The maximum atomic E-state index is 12.4. The van der Waals surface area contributed by atoms with Crippen LogP contribution in [-0.2, 0) is 11.2 Å². The molecule has 0 saturated heterocycles. The van der Waals surface area contributed by atoms with Gasteiger partial charge in [-0.3, -0.25) is 4.79 Å². The van der Waals surface area contributed by atoms with Gasteiger partial charge in [-0.1, -0.05) is 36.0 Å². The van der Waals surface area contributed by atoms with Gasteiger partial charge in [0.15, 0.2) is 0 Å². The molecule has 0 bridgehead atoms. The lowest BCUT2D eigenvalue weighted by atomic mass is 9.88. The largest absolute Gasteiger partial charge is 0.349 e.